The Morgan fingerprint density at radius 2 is 2.42 bits per heavy atom. The number of rotatable bonds is 4. The molecule has 0 radical (unpaired) electrons. The normalized spacial score (nSPS) is 17.9. The number of amides is 1. The average Bonchev–Trinajstić information content (AvgIpc) is 2.90. The fraction of sp³-hybridized carbons (Fsp3) is 0.538. The average molecular weight is 286 g/mol. The van der Waals surface area contributed by atoms with Crippen molar-refractivity contribution in [3.63, 3.8) is 0 Å². The van der Waals surface area contributed by atoms with E-state index in [0.717, 1.165) is 25.1 Å². The summed E-state index contributed by atoms with van der Waals surface area (Å²) in [5.41, 5.74) is 6.88. The second kappa shape index (κ2) is 7.43. The van der Waals surface area contributed by atoms with Crippen molar-refractivity contribution >= 4 is 18.3 Å². The quantitative estimate of drug-likeness (QED) is 0.903. The van der Waals surface area contributed by atoms with Crippen LogP contribution in [0.1, 0.15) is 28.9 Å². The maximum Gasteiger partial charge on any atom is 0.253 e. The summed E-state index contributed by atoms with van der Waals surface area (Å²) < 4.78 is 5.53. The van der Waals surface area contributed by atoms with Crippen molar-refractivity contribution < 1.29 is 9.53 Å². The topological polar surface area (TPSA) is 68.5 Å². The SMILES string of the molecule is CN(CC1CCCO1)C(=O)c1ccnc(CN)c1.Cl. The van der Waals surface area contributed by atoms with Crippen molar-refractivity contribution in [3.8, 4) is 0 Å². The van der Waals surface area contributed by atoms with E-state index in [2.05, 4.69) is 4.98 Å². The Bertz CT molecular complexity index is 422. The number of likely N-dealkylation sites (N-methyl/N-ethyl adjacent to an activating group) is 1. The van der Waals surface area contributed by atoms with Gasteiger partial charge < -0.3 is 15.4 Å². The Labute approximate surface area is 119 Å². The Balaban J connectivity index is 0.00000180. The van der Waals surface area contributed by atoms with E-state index in [4.69, 9.17) is 10.5 Å². The molecule has 1 aliphatic heterocycles. The fourth-order valence-corrected chi connectivity index (χ4v) is 2.12. The van der Waals surface area contributed by atoms with Crippen LogP contribution in [0.25, 0.3) is 0 Å². The number of carbonyl (C=O) groups excluding carboxylic acids is 1. The van der Waals surface area contributed by atoms with Crippen LogP contribution in [0.4, 0.5) is 0 Å². The molecule has 0 aromatic carbocycles. The van der Waals surface area contributed by atoms with Crippen LogP contribution < -0.4 is 5.73 Å². The van der Waals surface area contributed by atoms with E-state index < -0.39 is 0 Å². The third-order valence-electron chi connectivity index (χ3n) is 3.12. The van der Waals surface area contributed by atoms with Crippen molar-refractivity contribution in [2.75, 3.05) is 20.2 Å². The molecule has 1 aromatic rings. The lowest BCUT2D eigenvalue weighted by Gasteiger charge is -2.21. The third kappa shape index (κ3) is 4.16. The maximum absolute atomic E-state index is 12.2. The van der Waals surface area contributed by atoms with E-state index in [0.29, 0.717) is 18.7 Å². The summed E-state index contributed by atoms with van der Waals surface area (Å²) in [6.07, 6.45) is 3.91. The zero-order valence-corrected chi connectivity index (χ0v) is 11.9. The van der Waals surface area contributed by atoms with Crippen LogP contribution >= 0.6 is 12.4 Å². The highest BCUT2D eigenvalue weighted by Crippen LogP contribution is 2.14. The van der Waals surface area contributed by atoms with E-state index in [-0.39, 0.29) is 24.4 Å². The molecule has 19 heavy (non-hydrogen) atoms. The second-order valence-corrected chi connectivity index (χ2v) is 4.56. The molecular weight excluding hydrogens is 266 g/mol. The first kappa shape index (κ1) is 15.9. The number of nitrogens with zero attached hydrogens (tertiary/aromatic N) is 2. The Hall–Kier alpha value is -1.17. The van der Waals surface area contributed by atoms with Crippen LogP contribution in [-0.4, -0.2) is 42.1 Å². The van der Waals surface area contributed by atoms with Crippen LogP contribution in [0.5, 0.6) is 0 Å². The predicted octanol–water partition coefficient (Wildman–Crippen LogP) is 1.21. The molecule has 0 spiro atoms. The largest absolute Gasteiger partial charge is 0.376 e. The minimum absolute atomic E-state index is 0. The monoisotopic (exact) mass is 285 g/mol. The van der Waals surface area contributed by atoms with Crippen molar-refractivity contribution in [2.45, 2.75) is 25.5 Å². The van der Waals surface area contributed by atoms with Gasteiger partial charge in [-0.3, -0.25) is 9.78 Å². The number of hydrogen-bond donors (Lipinski definition) is 1. The molecule has 1 atom stereocenters. The number of nitrogens with two attached hydrogens (primary N) is 1. The van der Waals surface area contributed by atoms with E-state index in [1.165, 1.54) is 0 Å². The molecule has 1 fully saturated rings. The van der Waals surface area contributed by atoms with Gasteiger partial charge in [0.1, 0.15) is 0 Å². The standard InChI is InChI=1S/C13H19N3O2.ClH/c1-16(9-12-3-2-6-18-12)13(17)10-4-5-15-11(7-10)8-14;/h4-5,7,12H,2-3,6,8-9,14H2,1H3;1H. The number of carbonyl (C=O) groups is 1. The molecule has 2 heterocycles. The van der Waals surface area contributed by atoms with Crippen LogP contribution in [0.2, 0.25) is 0 Å². The smallest absolute Gasteiger partial charge is 0.253 e. The van der Waals surface area contributed by atoms with Gasteiger partial charge >= 0.3 is 0 Å². The van der Waals surface area contributed by atoms with Gasteiger partial charge in [0.15, 0.2) is 0 Å². The Morgan fingerprint density at radius 3 is 3.05 bits per heavy atom. The van der Waals surface area contributed by atoms with E-state index in [1.54, 1.807) is 30.3 Å². The molecule has 1 saturated heterocycles. The zero-order valence-electron chi connectivity index (χ0n) is 11.0. The summed E-state index contributed by atoms with van der Waals surface area (Å²) in [5.74, 6) is -0.0115. The lowest BCUT2D eigenvalue weighted by Crippen LogP contribution is -2.34. The summed E-state index contributed by atoms with van der Waals surface area (Å²) in [6.45, 7) is 1.79. The van der Waals surface area contributed by atoms with Gasteiger partial charge in [0.25, 0.3) is 5.91 Å². The van der Waals surface area contributed by atoms with Crippen molar-refractivity contribution in [3.05, 3.63) is 29.6 Å². The fourth-order valence-electron chi connectivity index (χ4n) is 2.12. The molecule has 1 aliphatic rings. The summed E-state index contributed by atoms with van der Waals surface area (Å²) in [7, 11) is 1.80. The molecule has 6 heteroatoms. The van der Waals surface area contributed by atoms with Gasteiger partial charge in [0, 0.05) is 38.5 Å². The molecule has 1 aromatic heterocycles. The number of aromatic nitrogens is 1. The summed E-state index contributed by atoms with van der Waals surface area (Å²) in [6, 6.07) is 3.46. The maximum atomic E-state index is 12.2. The number of pyridine rings is 1. The highest BCUT2D eigenvalue weighted by molar-refractivity contribution is 5.94. The van der Waals surface area contributed by atoms with Gasteiger partial charge in [-0.15, -0.1) is 12.4 Å². The molecule has 2 rings (SSSR count). The lowest BCUT2D eigenvalue weighted by atomic mass is 10.2. The van der Waals surface area contributed by atoms with Crippen LogP contribution in [-0.2, 0) is 11.3 Å². The summed E-state index contributed by atoms with van der Waals surface area (Å²) in [4.78, 5) is 18.0. The molecular formula is C13H20ClN3O2. The molecule has 106 valence electrons. The molecule has 0 aliphatic carbocycles. The van der Waals surface area contributed by atoms with Gasteiger partial charge in [-0.05, 0) is 25.0 Å². The minimum Gasteiger partial charge on any atom is -0.376 e. The third-order valence-corrected chi connectivity index (χ3v) is 3.12. The Morgan fingerprint density at radius 1 is 1.63 bits per heavy atom. The van der Waals surface area contributed by atoms with Gasteiger partial charge in [-0.25, -0.2) is 0 Å². The van der Waals surface area contributed by atoms with Gasteiger partial charge in [0.05, 0.1) is 11.8 Å². The predicted molar refractivity (Wildman–Crippen MR) is 75.3 cm³/mol. The highest BCUT2D eigenvalue weighted by Gasteiger charge is 2.20. The van der Waals surface area contributed by atoms with E-state index >= 15 is 0 Å². The summed E-state index contributed by atoms with van der Waals surface area (Å²) in [5, 5.41) is 0. The molecule has 0 saturated carbocycles. The number of halogens is 1. The first-order chi connectivity index (χ1) is 8.70. The van der Waals surface area contributed by atoms with Crippen LogP contribution in [0.3, 0.4) is 0 Å². The molecule has 2 N–H and O–H groups in total. The highest BCUT2D eigenvalue weighted by atomic mass is 35.5. The summed E-state index contributed by atoms with van der Waals surface area (Å²) >= 11 is 0. The van der Waals surface area contributed by atoms with E-state index in [9.17, 15) is 4.79 Å². The van der Waals surface area contributed by atoms with E-state index in [1.807, 2.05) is 0 Å². The van der Waals surface area contributed by atoms with Crippen LogP contribution in [0, 0.1) is 0 Å². The lowest BCUT2D eigenvalue weighted by molar-refractivity contribution is 0.0587. The van der Waals surface area contributed by atoms with Crippen molar-refractivity contribution in [1.82, 2.24) is 9.88 Å². The molecule has 0 bridgehead atoms. The van der Waals surface area contributed by atoms with Gasteiger partial charge in [0.2, 0.25) is 0 Å². The number of hydrogen-bond acceptors (Lipinski definition) is 4. The zero-order chi connectivity index (χ0) is 13.0. The second-order valence-electron chi connectivity index (χ2n) is 4.56. The van der Waals surface area contributed by atoms with Crippen molar-refractivity contribution in [2.24, 2.45) is 5.73 Å². The van der Waals surface area contributed by atoms with Crippen LogP contribution in [0.15, 0.2) is 18.3 Å². The minimum atomic E-state index is -0.0115. The van der Waals surface area contributed by atoms with Crippen molar-refractivity contribution in [1.29, 1.82) is 0 Å². The first-order valence-corrected chi connectivity index (χ1v) is 6.23. The molecule has 1 unspecified atom stereocenters. The molecule has 5 nitrogen and oxygen atoms in total. The Kier molecular flexibility index (Phi) is 6.21. The number of ether oxygens (including phenoxy) is 1. The first-order valence-electron chi connectivity index (χ1n) is 6.23. The van der Waals surface area contributed by atoms with Gasteiger partial charge in [-0.2, -0.15) is 0 Å². The molecule has 1 amide bonds. The van der Waals surface area contributed by atoms with Gasteiger partial charge in [-0.1, -0.05) is 0 Å².